The topological polar surface area (TPSA) is 70.0 Å². The molecule has 21 heavy (non-hydrogen) atoms. The summed E-state index contributed by atoms with van der Waals surface area (Å²) in [5.41, 5.74) is 1.32. The van der Waals surface area contributed by atoms with E-state index in [1.165, 1.54) is 19.1 Å². The van der Waals surface area contributed by atoms with E-state index in [1.807, 2.05) is 6.07 Å². The van der Waals surface area contributed by atoms with Gasteiger partial charge in [-0.1, -0.05) is 29.8 Å². The molecule has 0 aliphatic heterocycles. The molecule has 2 aromatic carbocycles. The van der Waals surface area contributed by atoms with Crippen LogP contribution in [0.15, 0.2) is 42.5 Å². The molecule has 0 heterocycles. The largest absolute Gasteiger partial charge is 0.321 e. The van der Waals surface area contributed by atoms with Crippen molar-refractivity contribution in [1.82, 2.24) is 0 Å². The van der Waals surface area contributed by atoms with Crippen LogP contribution in [0, 0.1) is 11.3 Å². The summed E-state index contributed by atoms with van der Waals surface area (Å²) in [4.78, 5) is 23.8. The highest BCUT2D eigenvalue weighted by atomic mass is 35.5. The van der Waals surface area contributed by atoms with E-state index in [2.05, 4.69) is 5.32 Å². The highest BCUT2D eigenvalue weighted by Crippen LogP contribution is 2.24. The van der Waals surface area contributed by atoms with Gasteiger partial charge in [-0.2, -0.15) is 5.26 Å². The first-order chi connectivity index (χ1) is 10.0. The molecule has 2 rings (SSSR count). The number of nitrogens with zero attached hydrogens (tertiary/aromatic N) is 1. The van der Waals surface area contributed by atoms with Gasteiger partial charge in [-0.15, -0.1) is 0 Å². The standard InChI is InChI=1S/C16H11ClN2O2/c1-10(20)12-4-2-3-5-13(12)16(21)19-15-8-11(9-18)6-7-14(15)17/h2-8H,1H3,(H,19,21). The van der Waals surface area contributed by atoms with Crippen molar-refractivity contribution in [2.45, 2.75) is 6.92 Å². The highest BCUT2D eigenvalue weighted by Gasteiger charge is 2.15. The number of nitriles is 1. The number of Topliss-reactive ketones (excluding diaryl/α,β-unsaturated/α-hetero) is 1. The van der Waals surface area contributed by atoms with E-state index in [0.717, 1.165) is 0 Å². The number of rotatable bonds is 3. The maximum Gasteiger partial charge on any atom is 0.256 e. The summed E-state index contributed by atoms with van der Waals surface area (Å²) in [5.74, 6) is -0.643. The van der Waals surface area contributed by atoms with E-state index in [1.54, 1.807) is 30.3 Å². The number of anilines is 1. The van der Waals surface area contributed by atoms with Gasteiger partial charge in [0.25, 0.3) is 5.91 Å². The fraction of sp³-hybridized carbons (Fsp3) is 0.0625. The first-order valence-electron chi connectivity index (χ1n) is 6.14. The summed E-state index contributed by atoms with van der Waals surface area (Å²) < 4.78 is 0. The number of carbonyl (C=O) groups is 2. The fourth-order valence-corrected chi connectivity index (χ4v) is 2.03. The van der Waals surface area contributed by atoms with Gasteiger partial charge in [0.15, 0.2) is 5.78 Å². The lowest BCUT2D eigenvalue weighted by Gasteiger charge is -2.10. The predicted octanol–water partition coefficient (Wildman–Crippen LogP) is 3.67. The molecule has 1 amide bonds. The van der Waals surface area contributed by atoms with E-state index in [-0.39, 0.29) is 11.3 Å². The Morgan fingerprint density at radius 3 is 2.43 bits per heavy atom. The van der Waals surface area contributed by atoms with E-state index >= 15 is 0 Å². The lowest BCUT2D eigenvalue weighted by atomic mass is 10.0. The average molecular weight is 299 g/mol. The summed E-state index contributed by atoms with van der Waals surface area (Å²) in [6.07, 6.45) is 0. The number of benzene rings is 2. The third-order valence-electron chi connectivity index (χ3n) is 2.89. The van der Waals surface area contributed by atoms with Gasteiger partial charge in [-0.3, -0.25) is 9.59 Å². The van der Waals surface area contributed by atoms with Crippen molar-refractivity contribution in [3.8, 4) is 6.07 Å². The summed E-state index contributed by atoms with van der Waals surface area (Å²) in [6, 6.07) is 13.1. The first-order valence-corrected chi connectivity index (χ1v) is 6.51. The number of halogens is 1. The van der Waals surface area contributed by atoms with Crippen LogP contribution in [0.5, 0.6) is 0 Å². The van der Waals surface area contributed by atoms with Crippen LogP contribution in [-0.4, -0.2) is 11.7 Å². The van der Waals surface area contributed by atoms with E-state index < -0.39 is 5.91 Å². The Balaban J connectivity index is 2.35. The zero-order valence-corrected chi connectivity index (χ0v) is 11.9. The summed E-state index contributed by atoms with van der Waals surface area (Å²) in [6.45, 7) is 1.40. The molecule has 0 fully saturated rings. The SMILES string of the molecule is CC(=O)c1ccccc1C(=O)Nc1cc(C#N)ccc1Cl. The summed E-state index contributed by atoms with van der Waals surface area (Å²) in [7, 11) is 0. The molecule has 0 atom stereocenters. The quantitative estimate of drug-likeness (QED) is 0.879. The molecular formula is C16H11ClN2O2. The lowest BCUT2D eigenvalue weighted by molar-refractivity contribution is 0.0985. The third kappa shape index (κ3) is 3.28. The molecule has 0 spiro atoms. The Labute approximate surface area is 127 Å². The van der Waals surface area contributed by atoms with E-state index in [9.17, 15) is 9.59 Å². The number of nitrogens with one attached hydrogen (secondary N) is 1. The summed E-state index contributed by atoms with van der Waals surface area (Å²) >= 11 is 6.00. The summed E-state index contributed by atoms with van der Waals surface area (Å²) in [5, 5.41) is 11.8. The van der Waals surface area contributed by atoms with Crippen LogP contribution in [-0.2, 0) is 0 Å². The first kappa shape index (κ1) is 14.8. The monoisotopic (exact) mass is 298 g/mol. The van der Waals surface area contributed by atoms with Gasteiger partial charge in [-0.05, 0) is 31.2 Å². The molecule has 2 aromatic rings. The van der Waals surface area contributed by atoms with Crippen molar-refractivity contribution >= 4 is 29.0 Å². The Hall–Kier alpha value is -2.64. The van der Waals surface area contributed by atoms with Crippen LogP contribution in [0.25, 0.3) is 0 Å². The molecule has 0 aromatic heterocycles. The number of amides is 1. The maximum atomic E-state index is 12.3. The van der Waals surface area contributed by atoms with Crippen LogP contribution in [0.3, 0.4) is 0 Å². The minimum Gasteiger partial charge on any atom is -0.321 e. The van der Waals surface area contributed by atoms with Gasteiger partial charge < -0.3 is 5.32 Å². The fourth-order valence-electron chi connectivity index (χ4n) is 1.87. The molecule has 5 heteroatoms. The third-order valence-corrected chi connectivity index (χ3v) is 3.22. The second-order valence-electron chi connectivity index (χ2n) is 4.36. The average Bonchev–Trinajstić information content (AvgIpc) is 2.49. The number of hydrogen-bond donors (Lipinski definition) is 1. The Morgan fingerprint density at radius 2 is 1.81 bits per heavy atom. The molecule has 0 saturated heterocycles. The molecule has 104 valence electrons. The molecular weight excluding hydrogens is 288 g/mol. The van der Waals surface area contributed by atoms with Gasteiger partial charge in [-0.25, -0.2) is 0 Å². The molecule has 0 saturated carbocycles. The molecule has 0 radical (unpaired) electrons. The smallest absolute Gasteiger partial charge is 0.256 e. The Morgan fingerprint density at radius 1 is 1.14 bits per heavy atom. The van der Waals surface area contributed by atoms with Gasteiger partial charge in [0.1, 0.15) is 0 Å². The lowest BCUT2D eigenvalue weighted by Crippen LogP contribution is -2.16. The second-order valence-corrected chi connectivity index (χ2v) is 4.77. The van der Waals surface area contributed by atoms with Crippen molar-refractivity contribution in [2.75, 3.05) is 5.32 Å². The molecule has 1 N–H and O–H groups in total. The van der Waals surface area contributed by atoms with Gasteiger partial charge in [0.05, 0.1) is 27.9 Å². The normalized spacial score (nSPS) is 9.76. The van der Waals surface area contributed by atoms with E-state index in [4.69, 9.17) is 16.9 Å². The van der Waals surface area contributed by atoms with Gasteiger partial charge in [0, 0.05) is 5.56 Å². The van der Waals surface area contributed by atoms with Crippen molar-refractivity contribution in [1.29, 1.82) is 5.26 Å². The van der Waals surface area contributed by atoms with Crippen molar-refractivity contribution in [3.05, 3.63) is 64.2 Å². The van der Waals surface area contributed by atoms with Crippen molar-refractivity contribution < 1.29 is 9.59 Å². The van der Waals surface area contributed by atoms with Crippen LogP contribution >= 0.6 is 11.6 Å². The molecule has 0 unspecified atom stereocenters. The van der Waals surface area contributed by atoms with Gasteiger partial charge in [0.2, 0.25) is 0 Å². The molecule has 0 bridgehead atoms. The van der Waals surface area contributed by atoms with Crippen LogP contribution in [0.1, 0.15) is 33.2 Å². The zero-order valence-electron chi connectivity index (χ0n) is 11.2. The predicted molar refractivity (Wildman–Crippen MR) is 80.6 cm³/mol. The molecule has 0 aliphatic rings. The second kappa shape index (κ2) is 6.21. The van der Waals surface area contributed by atoms with Crippen LogP contribution in [0.4, 0.5) is 5.69 Å². The van der Waals surface area contributed by atoms with Crippen molar-refractivity contribution in [3.63, 3.8) is 0 Å². The highest BCUT2D eigenvalue weighted by molar-refractivity contribution is 6.34. The number of hydrogen-bond acceptors (Lipinski definition) is 3. The molecule has 0 aliphatic carbocycles. The van der Waals surface area contributed by atoms with Crippen LogP contribution < -0.4 is 5.32 Å². The van der Waals surface area contributed by atoms with Crippen LogP contribution in [0.2, 0.25) is 5.02 Å². The number of ketones is 1. The minimum atomic E-state index is -0.446. The maximum absolute atomic E-state index is 12.3. The zero-order chi connectivity index (χ0) is 15.4. The number of carbonyl (C=O) groups excluding carboxylic acids is 2. The molecule has 4 nitrogen and oxygen atoms in total. The minimum absolute atomic E-state index is 0.197. The Kier molecular flexibility index (Phi) is 4.36. The Bertz CT molecular complexity index is 763. The van der Waals surface area contributed by atoms with Gasteiger partial charge >= 0.3 is 0 Å². The van der Waals surface area contributed by atoms with E-state index in [0.29, 0.717) is 21.8 Å². The van der Waals surface area contributed by atoms with Crippen molar-refractivity contribution in [2.24, 2.45) is 0 Å².